The van der Waals surface area contributed by atoms with Crippen LogP contribution in [0, 0.1) is 5.92 Å². The molecule has 0 saturated carbocycles. The first-order chi connectivity index (χ1) is 10.0. The average Bonchev–Trinajstić information content (AvgIpc) is 2.45. The van der Waals surface area contributed by atoms with Gasteiger partial charge in [0.05, 0.1) is 5.75 Å². The molecule has 1 aromatic carbocycles. The number of hydrogen-bond donors (Lipinski definition) is 2. The molecule has 0 fully saturated rings. The number of benzene rings is 1. The third-order valence-electron chi connectivity index (χ3n) is 3.28. The van der Waals surface area contributed by atoms with Crippen LogP contribution in [0.4, 0.5) is 0 Å². The van der Waals surface area contributed by atoms with Gasteiger partial charge in [-0.3, -0.25) is 4.79 Å². The predicted octanol–water partition coefficient (Wildman–Crippen LogP) is 3.61. The van der Waals surface area contributed by atoms with Crippen LogP contribution in [0.3, 0.4) is 0 Å². The van der Waals surface area contributed by atoms with Crippen molar-refractivity contribution < 1.29 is 4.79 Å². The lowest BCUT2D eigenvalue weighted by Crippen LogP contribution is -2.26. The number of thioether (sulfide) groups is 1. The lowest BCUT2D eigenvalue weighted by atomic mass is 10.1. The van der Waals surface area contributed by atoms with E-state index in [0.29, 0.717) is 17.7 Å². The minimum Gasteiger partial charge on any atom is -0.355 e. The van der Waals surface area contributed by atoms with Gasteiger partial charge in [-0.1, -0.05) is 32.9 Å². The molecule has 0 aliphatic heterocycles. The number of carbonyl (C=O) groups is 1. The van der Waals surface area contributed by atoms with Gasteiger partial charge in [-0.25, -0.2) is 0 Å². The van der Waals surface area contributed by atoms with Gasteiger partial charge in [-0.15, -0.1) is 11.8 Å². The van der Waals surface area contributed by atoms with Crippen LogP contribution in [-0.4, -0.2) is 24.7 Å². The maximum absolute atomic E-state index is 11.8. The molecule has 1 amide bonds. The van der Waals surface area contributed by atoms with Crippen LogP contribution < -0.4 is 10.6 Å². The highest BCUT2D eigenvalue weighted by molar-refractivity contribution is 8.00. The van der Waals surface area contributed by atoms with E-state index in [4.69, 9.17) is 0 Å². The molecule has 0 aliphatic rings. The van der Waals surface area contributed by atoms with Gasteiger partial charge < -0.3 is 10.6 Å². The van der Waals surface area contributed by atoms with Gasteiger partial charge in [0.1, 0.15) is 0 Å². The van der Waals surface area contributed by atoms with E-state index in [1.54, 1.807) is 11.8 Å². The molecule has 0 bridgehead atoms. The van der Waals surface area contributed by atoms with Crippen molar-refractivity contribution in [1.29, 1.82) is 0 Å². The lowest BCUT2D eigenvalue weighted by molar-refractivity contribution is -0.118. The third kappa shape index (κ3) is 7.53. The van der Waals surface area contributed by atoms with Crippen molar-refractivity contribution in [3.8, 4) is 0 Å². The Morgan fingerprint density at radius 3 is 2.71 bits per heavy atom. The van der Waals surface area contributed by atoms with Crippen LogP contribution >= 0.6 is 11.8 Å². The molecule has 4 heteroatoms. The van der Waals surface area contributed by atoms with Crippen molar-refractivity contribution in [1.82, 2.24) is 10.6 Å². The van der Waals surface area contributed by atoms with Crippen LogP contribution in [0.15, 0.2) is 29.2 Å². The second kappa shape index (κ2) is 9.85. The van der Waals surface area contributed by atoms with Crippen molar-refractivity contribution in [2.75, 3.05) is 18.8 Å². The van der Waals surface area contributed by atoms with Crippen molar-refractivity contribution >= 4 is 17.7 Å². The summed E-state index contributed by atoms with van der Waals surface area (Å²) in [6.07, 6.45) is 1.03. The molecular formula is C17H28N2OS. The highest BCUT2D eigenvalue weighted by Crippen LogP contribution is 2.22. The molecule has 0 aromatic heterocycles. The van der Waals surface area contributed by atoms with Gasteiger partial charge in [-0.2, -0.15) is 0 Å². The maximum Gasteiger partial charge on any atom is 0.230 e. The second-order valence-corrected chi connectivity index (χ2v) is 6.72. The Bertz CT molecular complexity index is 435. The van der Waals surface area contributed by atoms with Crippen molar-refractivity contribution in [2.24, 2.45) is 5.92 Å². The Labute approximate surface area is 133 Å². The molecule has 0 radical (unpaired) electrons. The normalized spacial score (nSPS) is 12.4. The highest BCUT2D eigenvalue weighted by Gasteiger charge is 2.06. The topological polar surface area (TPSA) is 41.1 Å². The summed E-state index contributed by atoms with van der Waals surface area (Å²) in [6, 6.07) is 8.76. The van der Waals surface area contributed by atoms with E-state index in [-0.39, 0.29) is 5.91 Å². The molecule has 2 N–H and O–H groups in total. The Hall–Kier alpha value is -1.00. The van der Waals surface area contributed by atoms with Crippen LogP contribution in [-0.2, 0) is 4.79 Å². The molecule has 118 valence electrons. The van der Waals surface area contributed by atoms with E-state index in [0.717, 1.165) is 24.4 Å². The van der Waals surface area contributed by atoms with Gasteiger partial charge in [0, 0.05) is 17.5 Å². The fraction of sp³-hybridized carbons (Fsp3) is 0.588. The van der Waals surface area contributed by atoms with Gasteiger partial charge in [0.2, 0.25) is 5.91 Å². The predicted molar refractivity (Wildman–Crippen MR) is 91.7 cm³/mol. The summed E-state index contributed by atoms with van der Waals surface area (Å²) in [7, 11) is 0. The van der Waals surface area contributed by atoms with Crippen LogP contribution in [0.1, 0.15) is 45.7 Å². The zero-order valence-electron chi connectivity index (χ0n) is 13.6. The van der Waals surface area contributed by atoms with Crippen LogP contribution in [0.2, 0.25) is 0 Å². The van der Waals surface area contributed by atoms with Gasteiger partial charge in [0.15, 0.2) is 0 Å². The van der Waals surface area contributed by atoms with E-state index in [1.165, 1.54) is 5.56 Å². The van der Waals surface area contributed by atoms with Gasteiger partial charge in [-0.05, 0) is 43.5 Å². The van der Waals surface area contributed by atoms with Gasteiger partial charge >= 0.3 is 0 Å². The minimum absolute atomic E-state index is 0.116. The molecule has 21 heavy (non-hydrogen) atoms. The Morgan fingerprint density at radius 1 is 1.29 bits per heavy atom. The molecule has 3 nitrogen and oxygen atoms in total. The van der Waals surface area contributed by atoms with Crippen molar-refractivity contribution in [3.63, 3.8) is 0 Å². The number of rotatable bonds is 9. The zero-order chi connectivity index (χ0) is 15.7. The molecule has 0 aliphatic carbocycles. The Balaban J connectivity index is 2.41. The average molecular weight is 308 g/mol. The van der Waals surface area contributed by atoms with E-state index in [9.17, 15) is 4.79 Å². The number of amides is 1. The number of nitrogens with one attached hydrogen (secondary N) is 2. The first-order valence-electron chi connectivity index (χ1n) is 7.75. The van der Waals surface area contributed by atoms with Crippen LogP contribution in [0.25, 0.3) is 0 Å². The van der Waals surface area contributed by atoms with E-state index in [2.05, 4.69) is 62.6 Å². The summed E-state index contributed by atoms with van der Waals surface area (Å²) in [6.45, 7) is 10.3. The molecule has 1 aromatic rings. The third-order valence-corrected chi connectivity index (χ3v) is 4.28. The number of hydrogen-bond acceptors (Lipinski definition) is 3. The fourth-order valence-electron chi connectivity index (χ4n) is 2.00. The first kappa shape index (κ1) is 18.1. The molecule has 1 atom stereocenters. The van der Waals surface area contributed by atoms with E-state index in [1.807, 2.05) is 0 Å². The Morgan fingerprint density at radius 2 is 2.05 bits per heavy atom. The monoisotopic (exact) mass is 308 g/mol. The summed E-state index contributed by atoms with van der Waals surface area (Å²) in [4.78, 5) is 12.9. The quantitative estimate of drug-likeness (QED) is 0.685. The molecule has 0 heterocycles. The van der Waals surface area contributed by atoms with Crippen molar-refractivity contribution in [3.05, 3.63) is 29.8 Å². The summed E-state index contributed by atoms with van der Waals surface area (Å²) >= 11 is 1.60. The fourth-order valence-corrected chi connectivity index (χ4v) is 2.79. The highest BCUT2D eigenvalue weighted by atomic mass is 32.2. The van der Waals surface area contributed by atoms with Gasteiger partial charge in [0.25, 0.3) is 0 Å². The van der Waals surface area contributed by atoms with E-state index < -0.39 is 0 Å². The standard InChI is InChI=1S/C17H28N2OS/c1-5-18-14(4)15-7-6-8-16(11-15)21-12-17(20)19-10-9-13(2)3/h6-8,11,13-14,18H,5,9-10,12H2,1-4H3,(H,19,20). The molecule has 1 rings (SSSR count). The number of carbonyl (C=O) groups excluding carboxylic acids is 1. The van der Waals surface area contributed by atoms with E-state index >= 15 is 0 Å². The largest absolute Gasteiger partial charge is 0.355 e. The SMILES string of the molecule is CCNC(C)c1cccc(SCC(=O)NCCC(C)C)c1. The summed E-state index contributed by atoms with van der Waals surface area (Å²) in [5.41, 5.74) is 1.27. The Kier molecular flexibility index (Phi) is 8.47. The summed E-state index contributed by atoms with van der Waals surface area (Å²) < 4.78 is 0. The second-order valence-electron chi connectivity index (χ2n) is 5.67. The zero-order valence-corrected chi connectivity index (χ0v) is 14.4. The smallest absolute Gasteiger partial charge is 0.230 e. The molecule has 1 unspecified atom stereocenters. The molecular weight excluding hydrogens is 280 g/mol. The first-order valence-corrected chi connectivity index (χ1v) is 8.74. The molecule has 0 spiro atoms. The van der Waals surface area contributed by atoms with Crippen molar-refractivity contribution in [2.45, 2.75) is 45.1 Å². The lowest BCUT2D eigenvalue weighted by Gasteiger charge is -2.13. The molecule has 0 saturated heterocycles. The summed E-state index contributed by atoms with van der Waals surface area (Å²) in [5, 5.41) is 6.37. The minimum atomic E-state index is 0.116. The maximum atomic E-state index is 11.8. The summed E-state index contributed by atoms with van der Waals surface area (Å²) in [5.74, 6) is 1.23. The van der Waals surface area contributed by atoms with Crippen LogP contribution in [0.5, 0.6) is 0 Å².